The minimum atomic E-state index is 0.618. The predicted octanol–water partition coefficient (Wildman–Crippen LogP) is 2.60. The van der Waals surface area contributed by atoms with Crippen molar-refractivity contribution in [2.75, 3.05) is 23.9 Å². The molecule has 0 radical (unpaired) electrons. The second-order valence-electron chi connectivity index (χ2n) is 3.70. The average Bonchev–Trinajstić information content (AvgIpc) is 2.33. The van der Waals surface area contributed by atoms with Crippen molar-refractivity contribution >= 4 is 22.7 Å². The molecular formula is C13H15N3O. The third kappa shape index (κ3) is 2.60. The van der Waals surface area contributed by atoms with Crippen LogP contribution >= 0.6 is 0 Å². The second-order valence-corrected chi connectivity index (χ2v) is 3.70. The van der Waals surface area contributed by atoms with Crippen LogP contribution in [0.1, 0.15) is 0 Å². The first kappa shape index (κ1) is 11.1. The number of anilines is 4. The molecule has 0 fully saturated rings. The van der Waals surface area contributed by atoms with Crippen LogP contribution in [0.5, 0.6) is 5.75 Å². The van der Waals surface area contributed by atoms with Crippen LogP contribution < -0.4 is 21.5 Å². The minimum Gasteiger partial charge on any atom is -0.497 e. The Hall–Kier alpha value is -2.36. The van der Waals surface area contributed by atoms with Crippen LogP contribution in [0.15, 0.2) is 42.5 Å². The number of benzene rings is 2. The van der Waals surface area contributed by atoms with E-state index < -0.39 is 0 Å². The summed E-state index contributed by atoms with van der Waals surface area (Å²) in [5.41, 5.74) is 14.5. The van der Waals surface area contributed by atoms with E-state index >= 15 is 0 Å². The minimum absolute atomic E-state index is 0.618. The van der Waals surface area contributed by atoms with E-state index in [1.807, 2.05) is 30.3 Å². The van der Waals surface area contributed by atoms with Crippen LogP contribution in [-0.4, -0.2) is 7.11 Å². The molecule has 0 aliphatic heterocycles. The average molecular weight is 229 g/mol. The van der Waals surface area contributed by atoms with Crippen molar-refractivity contribution < 1.29 is 4.74 Å². The van der Waals surface area contributed by atoms with Crippen molar-refractivity contribution in [1.29, 1.82) is 0 Å². The molecule has 2 aromatic carbocycles. The van der Waals surface area contributed by atoms with E-state index in [9.17, 15) is 0 Å². The number of ether oxygens (including phenoxy) is 1. The maximum atomic E-state index is 5.87. The molecule has 4 nitrogen and oxygen atoms in total. The van der Waals surface area contributed by atoms with Crippen molar-refractivity contribution in [3.63, 3.8) is 0 Å². The van der Waals surface area contributed by atoms with Gasteiger partial charge in [0.2, 0.25) is 0 Å². The third-order valence-corrected chi connectivity index (χ3v) is 2.42. The third-order valence-electron chi connectivity index (χ3n) is 2.42. The fourth-order valence-corrected chi connectivity index (χ4v) is 1.55. The zero-order chi connectivity index (χ0) is 12.3. The van der Waals surface area contributed by atoms with E-state index in [0.717, 1.165) is 17.1 Å². The van der Waals surface area contributed by atoms with Crippen molar-refractivity contribution in [1.82, 2.24) is 0 Å². The maximum Gasteiger partial charge on any atom is 0.120 e. The fourth-order valence-electron chi connectivity index (χ4n) is 1.55. The van der Waals surface area contributed by atoms with Gasteiger partial charge in [-0.1, -0.05) is 6.07 Å². The van der Waals surface area contributed by atoms with Gasteiger partial charge < -0.3 is 21.5 Å². The fraction of sp³-hybridized carbons (Fsp3) is 0.0769. The highest BCUT2D eigenvalue weighted by Crippen LogP contribution is 2.26. The Kier molecular flexibility index (Phi) is 3.05. The van der Waals surface area contributed by atoms with Crippen LogP contribution in [0.4, 0.5) is 22.7 Å². The molecule has 2 rings (SSSR count). The SMILES string of the molecule is COc1cccc(Nc2ccc(N)cc2N)c1. The summed E-state index contributed by atoms with van der Waals surface area (Å²) >= 11 is 0. The Morgan fingerprint density at radius 1 is 1.06 bits per heavy atom. The first-order chi connectivity index (χ1) is 8.19. The van der Waals surface area contributed by atoms with E-state index in [4.69, 9.17) is 16.2 Å². The monoisotopic (exact) mass is 229 g/mol. The molecule has 0 heterocycles. The normalized spacial score (nSPS) is 9.94. The summed E-state index contributed by atoms with van der Waals surface area (Å²) in [7, 11) is 1.64. The van der Waals surface area contributed by atoms with E-state index in [0.29, 0.717) is 11.4 Å². The number of methoxy groups -OCH3 is 1. The molecular weight excluding hydrogens is 214 g/mol. The molecule has 0 unspecified atom stereocenters. The highest BCUT2D eigenvalue weighted by molar-refractivity contribution is 5.75. The maximum absolute atomic E-state index is 5.87. The van der Waals surface area contributed by atoms with Gasteiger partial charge in [-0.15, -0.1) is 0 Å². The molecule has 2 aromatic rings. The van der Waals surface area contributed by atoms with E-state index in [1.165, 1.54) is 0 Å². The van der Waals surface area contributed by atoms with E-state index in [-0.39, 0.29) is 0 Å². The molecule has 5 N–H and O–H groups in total. The molecule has 88 valence electrons. The van der Waals surface area contributed by atoms with Crippen molar-refractivity contribution in [3.8, 4) is 5.75 Å². The van der Waals surface area contributed by atoms with Gasteiger partial charge in [-0.05, 0) is 30.3 Å². The molecule has 0 amide bonds. The van der Waals surface area contributed by atoms with Gasteiger partial charge in [0.05, 0.1) is 18.5 Å². The van der Waals surface area contributed by atoms with Crippen LogP contribution in [0, 0.1) is 0 Å². The van der Waals surface area contributed by atoms with Crippen molar-refractivity contribution in [3.05, 3.63) is 42.5 Å². The topological polar surface area (TPSA) is 73.3 Å². The summed E-state index contributed by atoms with van der Waals surface area (Å²) in [6, 6.07) is 13.0. The van der Waals surface area contributed by atoms with E-state index in [2.05, 4.69) is 5.32 Å². The predicted molar refractivity (Wildman–Crippen MR) is 71.5 cm³/mol. The molecule has 0 spiro atoms. The summed E-state index contributed by atoms with van der Waals surface area (Å²) < 4.78 is 5.15. The van der Waals surface area contributed by atoms with Crippen LogP contribution in [0.25, 0.3) is 0 Å². The van der Waals surface area contributed by atoms with Gasteiger partial charge in [0.1, 0.15) is 5.75 Å². The Bertz CT molecular complexity index is 526. The second kappa shape index (κ2) is 4.65. The summed E-state index contributed by atoms with van der Waals surface area (Å²) in [6.07, 6.45) is 0. The van der Waals surface area contributed by atoms with Gasteiger partial charge in [-0.25, -0.2) is 0 Å². The zero-order valence-electron chi connectivity index (χ0n) is 9.60. The van der Waals surface area contributed by atoms with Crippen molar-refractivity contribution in [2.24, 2.45) is 0 Å². The molecule has 0 aliphatic carbocycles. The number of hydrogen-bond acceptors (Lipinski definition) is 4. The molecule has 0 bridgehead atoms. The Labute approximate surface area is 100 Å². The summed E-state index contributed by atoms with van der Waals surface area (Å²) in [4.78, 5) is 0. The summed E-state index contributed by atoms with van der Waals surface area (Å²) in [5.74, 6) is 0.795. The zero-order valence-corrected chi connectivity index (χ0v) is 9.60. The lowest BCUT2D eigenvalue weighted by atomic mass is 10.2. The van der Waals surface area contributed by atoms with Crippen LogP contribution in [0.2, 0.25) is 0 Å². The molecule has 0 saturated heterocycles. The molecule has 0 saturated carbocycles. The number of nitrogens with one attached hydrogen (secondary N) is 1. The van der Waals surface area contributed by atoms with Crippen LogP contribution in [-0.2, 0) is 0 Å². The highest BCUT2D eigenvalue weighted by atomic mass is 16.5. The smallest absolute Gasteiger partial charge is 0.120 e. The lowest BCUT2D eigenvalue weighted by molar-refractivity contribution is 0.415. The molecule has 17 heavy (non-hydrogen) atoms. The molecule has 0 aliphatic rings. The van der Waals surface area contributed by atoms with Crippen LogP contribution in [0.3, 0.4) is 0 Å². The lowest BCUT2D eigenvalue weighted by Crippen LogP contribution is -1.97. The lowest BCUT2D eigenvalue weighted by Gasteiger charge is -2.10. The highest BCUT2D eigenvalue weighted by Gasteiger charge is 2.01. The first-order valence-corrected chi connectivity index (χ1v) is 5.25. The summed E-state index contributed by atoms with van der Waals surface area (Å²) in [5, 5.41) is 3.21. The molecule has 4 heteroatoms. The Morgan fingerprint density at radius 2 is 1.88 bits per heavy atom. The standard InChI is InChI=1S/C13H15N3O/c1-17-11-4-2-3-10(8-11)16-13-6-5-9(14)7-12(13)15/h2-8,16H,14-15H2,1H3. The van der Waals surface area contributed by atoms with Gasteiger partial charge in [-0.3, -0.25) is 0 Å². The van der Waals surface area contributed by atoms with Gasteiger partial charge >= 0.3 is 0 Å². The van der Waals surface area contributed by atoms with Gasteiger partial charge in [0, 0.05) is 17.4 Å². The number of nitrogens with two attached hydrogens (primary N) is 2. The molecule has 0 atom stereocenters. The number of hydrogen-bond donors (Lipinski definition) is 3. The van der Waals surface area contributed by atoms with Crippen molar-refractivity contribution in [2.45, 2.75) is 0 Å². The van der Waals surface area contributed by atoms with Gasteiger partial charge in [0.15, 0.2) is 0 Å². The van der Waals surface area contributed by atoms with Gasteiger partial charge in [0.25, 0.3) is 0 Å². The number of rotatable bonds is 3. The summed E-state index contributed by atoms with van der Waals surface area (Å²) in [6.45, 7) is 0. The first-order valence-electron chi connectivity index (χ1n) is 5.25. The largest absolute Gasteiger partial charge is 0.497 e. The molecule has 0 aromatic heterocycles. The van der Waals surface area contributed by atoms with Gasteiger partial charge in [-0.2, -0.15) is 0 Å². The Balaban J connectivity index is 2.25. The Morgan fingerprint density at radius 3 is 2.59 bits per heavy atom. The quantitative estimate of drug-likeness (QED) is 0.707. The number of nitrogen functional groups attached to an aromatic ring is 2. The van der Waals surface area contributed by atoms with E-state index in [1.54, 1.807) is 19.2 Å².